The van der Waals surface area contributed by atoms with Crippen LogP contribution in [0, 0.1) is 0 Å². The van der Waals surface area contributed by atoms with E-state index in [1.165, 1.54) is 24.8 Å². The first-order chi connectivity index (χ1) is 12.7. The van der Waals surface area contributed by atoms with E-state index in [0.29, 0.717) is 12.0 Å². The van der Waals surface area contributed by atoms with E-state index in [2.05, 4.69) is 45.5 Å². The first kappa shape index (κ1) is 21.5. The molecule has 1 heterocycles. The molecule has 1 atom stereocenters. The summed E-state index contributed by atoms with van der Waals surface area (Å²) >= 11 is 0. The summed E-state index contributed by atoms with van der Waals surface area (Å²) in [6.45, 7) is 2.83. The van der Waals surface area contributed by atoms with Crippen LogP contribution < -0.4 is 15.8 Å². The summed E-state index contributed by atoms with van der Waals surface area (Å²) in [6, 6.07) is 18.8. The molecule has 0 amide bonds. The molecule has 146 valence electrons. The minimum absolute atomic E-state index is 0. The largest absolute Gasteiger partial charge is 0.497 e. The molecular formula is C21H29IN4O. The first-order valence-electron chi connectivity index (χ1n) is 9.23. The Morgan fingerprint density at radius 3 is 2.59 bits per heavy atom. The molecule has 0 aliphatic carbocycles. The molecule has 2 aromatic carbocycles. The second-order valence-electron chi connectivity index (χ2n) is 6.69. The molecule has 3 N–H and O–H groups in total. The lowest BCUT2D eigenvalue weighted by atomic mass is 10.0. The molecule has 0 bridgehead atoms. The van der Waals surface area contributed by atoms with Crippen molar-refractivity contribution in [2.75, 3.05) is 25.5 Å². The molecule has 1 aliphatic rings. The van der Waals surface area contributed by atoms with Crippen LogP contribution in [0.1, 0.15) is 24.8 Å². The number of ether oxygens (including phenoxy) is 1. The quantitative estimate of drug-likeness (QED) is 0.372. The molecule has 0 radical (unpaired) electrons. The van der Waals surface area contributed by atoms with E-state index in [1.807, 2.05) is 24.3 Å². The van der Waals surface area contributed by atoms with E-state index in [-0.39, 0.29) is 24.0 Å². The maximum absolute atomic E-state index is 6.08. The molecule has 3 rings (SSSR count). The van der Waals surface area contributed by atoms with Gasteiger partial charge in [-0.25, -0.2) is 0 Å². The number of hydrogen-bond acceptors (Lipinski definition) is 3. The third-order valence-corrected chi connectivity index (χ3v) is 4.81. The average molecular weight is 480 g/mol. The van der Waals surface area contributed by atoms with Crippen LogP contribution in [-0.2, 0) is 6.54 Å². The Balaban J connectivity index is 0.00000261. The van der Waals surface area contributed by atoms with Crippen molar-refractivity contribution in [1.82, 2.24) is 4.90 Å². The molecule has 0 spiro atoms. The second-order valence-corrected chi connectivity index (χ2v) is 6.69. The van der Waals surface area contributed by atoms with Gasteiger partial charge in [0.25, 0.3) is 0 Å². The number of nitrogens with one attached hydrogen (secondary N) is 1. The summed E-state index contributed by atoms with van der Waals surface area (Å²) in [7, 11) is 1.66. The van der Waals surface area contributed by atoms with Gasteiger partial charge in [0.15, 0.2) is 5.96 Å². The van der Waals surface area contributed by atoms with Gasteiger partial charge in [-0.2, -0.15) is 0 Å². The van der Waals surface area contributed by atoms with Crippen molar-refractivity contribution < 1.29 is 4.74 Å². The molecule has 1 unspecified atom stereocenters. The van der Waals surface area contributed by atoms with Crippen molar-refractivity contribution in [3.05, 3.63) is 60.2 Å². The second kappa shape index (κ2) is 11.1. The molecule has 6 heteroatoms. The zero-order valence-electron chi connectivity index (χ0n) is 15.8. The Bertz CT molecular complexity index is 706. The van der Waals surface area contributed by atoms with Gasteiger partial charge in [-0.1, -0.05) is 36.8 Å². The van der Waals surface area contributed by atoms with Crippen LogP contribution >= 0.6 is 24.0 Å². The normalized spacial score (nSPS) is 17.8. The predicted molar refractivity (Wildman–Crippen MR) is 123 cm³/mol. The van der Waals surface area contributed by atoms with Crippen LogP contribution in [0.3, 0.4) is 0 Å². The minimum Gasteiger partial charge on any atom is -0.497 e. The summed E-state index contributed by atoms with van der Waals surface area (Å²) in [5.41, 5.74) is 8.35. The zero-order chi connectivity index (χ0) is 18.2. The van der Waals surface area contributed by atoms with Gasteiger partial charge >= 0.3 is 0 Å². The third-order valence-electron chi connectivity index (χ3n) is 4.81. The summed E-state index contributed by atoms with van der Waals surface area (Å²) in [4.78, 5) is 7.12. The van der Waals surface area contributed by atoms with Gasteiger partial charge in [-0.3, -0.25) is 9.89 Å². The molecule has 1 aliphatic heterocycles. The fourth-order valence-electron chi connectivity index (χ4n) is 3.36. The number of hydrogen-bond donors (Lipinski definition) is 2. The SMILES string of the molecule is COc1ccc(NC(N)=NCC2CCCCN2Cc2ccccc2)cc1.I. The van der Waals surface area contributed by atoms with Crippen molar-refractivity contribution in [2.45, 2.75) is 31.8 Å². The van der Waals surface area contributed by atoms with Crippen LogP contribution in [0.15, 0.2) is 59.6 Å². The van der Waals surface area contributed by atoms with Crippen molar-refractivity contribution in [1.29, 1.82) is 0 Å². The van der Waals surface area contributed by atoms with E-state index >= 15 is 0 Å². The monoisotopic (exact) mass is 480 g/mol. The molecule has 2 aromatic rings. The number of piperidine rings is 1. The van der Waals surface area contributed by atoms with Crippen molar-refractivity contribution in [3.8, 4) is 5.75 Å². The van der Waals surface area contributed by atoms with E-state index < -0.39 is 0 Å². The van der Waals surface area contributed by atoms with E-state index in [1.54, 1.807) is 7.11 Å². The average Bonchev–Trinajstić information content (AvgIpc) is 2.69. The molecule has 1 saturated heterocycles. The van der Waals surface area contributed by atoms with Crippen LogP contribution in [0.5, 0.6) is 5.75 Å². The fourth-order valence-corrected chi connectivity index (χ4v) is 3.36. The lowest BCUT2D eigenvalue weighted by Gasteiger charge is -2.35. The van der Waals surface area contributed by atoms with E-state index in [4.69, 9.17) is 10.5 Å². The van der Waals surface area contributed by atoms with Crippen molar-refractivity contribution in [3.63, 3.8) is 0 Å². The van der Waals surface area contributed by atoms with Gasteiger partial charge in [0.05, 0.1) is 13.7 Å². The van der Waals surface area contributed by atoms with Crippen LogP contribution in [0.4, 0.5) is 5.69 Å². The summed E-state index contributed by atoms with van der Waals surface area (Å²) < 4.78 is 5.17. The zero-order valence-corrected chi connectivity index (χ0v) is 18.1. The number of anilines is 1. The van der Waals surface area contributed by atoms with Crippen LogP contribution in [0.25, 0.3) is 0 Å². The van der Waals surface area contributed by atoms with Crippen molar-refractivity contribution in [2.24, 2.45) is 10.7 Å². The number of halogens is 1. The Kier molecular flexibility index (Phi) is 8.87. The summed E-state index contributed by atoms with van der Waals surface area (Å²) in [5.74, 6) is 1.28. The van der Waals surface area contributed by atoms with Gasteiger partial charge in [0.1, 0.15) is 5.75 Å². The van der Waals surface area contributed by atoms with Gasteiger partial charge in [-0.15, -0.1) is 24.0 Å². The van der Waals surface area contributed by atoms with Gasteiger partial charge in [0, 0.05) is 18.3 Å². The third kappa shape index (κ3) is 6.70. The maximum Gasteiger partial charge on any atom is 0.193 e. The molecule has 1 fully saturated rings. The summed E-state index contributed by atoms with van der Waals surface area (Å²) in [5, 5.41) is 3.15. The Labute approximate surface area is 179 Å². The van der Waals surface area contributed by atoms with Crippen LogP contribution in [0.2, 0.25) is 0 Å². The molecule has 0 saturated carbocycles. The highest BCUT2D eigenvalue weighted by Crippen LogP contribution is 2.20. The molecule has 0 aromatic heterocycles. The lowest BCUT2D eigenvalue weighted by Crippen LogP contribution is -2.41. The summed E-state index contributed by atoms with van der Waals surface area (Å²) in [6.07, 6.45) is 3.69. The van der Waals surface area contributed by atoms with E-state index in [0.717, 1.165) is 31.1 Å². The first-order valence-corrected chi connectivity index (χ1v) is 9.23. The van der Waals surface area contributed by atoms with Gasteiger partial charge < -0.3 is 15.8 Å². The number of nitrogens with two attached hydrogens (primary N) is 1. The number of rotatable bonds is 6. The highest BCUT2D eigenvalue weighted by Gasteiger charge is 2.22. The predicted octanol–water partition coefficient (Wildman–Crippen LogP) is 4.09. The Hall–Kier alpha value is -1.80. The van der Waals surface area contributed by atoms with Crippen LogP contribution in [-0.4, -0.2) is 37.1 Å². The smallest absolute Gasteiger partial charge is 0.193 e. The molecule has 27 heavy (non-hydrogen) atoms. The highest BCUT2D eigenvalue weighted by atomic mass is 127. The Morgan fingerprint density at radius 2 is 1.89 bits per heavy atom. The Morgan fingerprint density at radius 1 is 1.15 bits per heavy atom. The fraction of sp³-hybridized carbons (Fsp3) is 0.381. The molecular weight excluding hydrogens is 451 g/mol. The number of nitrogens with zero attached hydrogens (tertiary/aromatic N) is 2. The number of aliphatic imine (C=N–C) groups is 1. The van der Waals surface area contributed by atoms with E-state index in [9.17, 15) is 0 Å². The van der Waals surface area contributed by atoms with Gasteiger partial charge in [0.2, 0.25) is 0 Å². The number of benzene rings is 2. The topological polar surface area (TPSA) is 62.9 Å². The number of methoxy groups -OCH3 is 1. The molecule has 5 nitrogen and oxygen atoms in total. The minimum atomic E-state index is 0. The standard InChI is InChI=1S/C21H28N4O.HI/c1-26-20-12-10-18(11-13-20)24-21(22)23-15-19-9-5-6-14-25(19)16-17-7-3-2-4-8-17;/h2-4,7-8,10-13,19H,5-6,9,14-16H2,1H3,(H3,22,23,24);1H. The number of guanidine groups is 1. The van der Waals surface area contributed by atoms with Gasteiger partial charge in [-0.05, 0) is 49.2 Å². The van der Waals surface area contributed by atoms with Crippen molar-refractivity contribution >= 4 is 35.6 Å². The maximum atomic E-state index is 6.08. The highest BCUT2D eigenvalue weighted by molar-refractivity contribution is 14.0. The number of likely N-dealkylation sites (tertiary alicyclic amines) is 1. The lowest BCUT2D eigenvalue weighted by molar-refractivity contribution is 0.145.